The Bertz CT molecular complexity index is 805. The molecular formula is C19H16F3NO3. The van der Waals surface area contributed by atoms with E-state index in [9.17, 15) is 22.8 Å². The average Bonchev–Trinajstić information content (AvgIpc) is 2.64. The Hall–Kier alpha value is -2.83. The maximum atomic E-state index is 13.1. The normalized spacial score (nSPS) is 16.7. The molecule has 0 N–H and O–H groups in total. The molecule has 1 unspecified atom stereocenters. The van der Waals surface area contributed by atoms with Crippen LogP contribution in [0.15, 0.2) is 54.6 Å². The maximum Gasteiger partial charge on any atom is 0.452 e. The van der Waals surface area contributed by atoms with Crippen molar-refractivity contribution in [2.75, 3.05) is 6.54 Å². The van der Waals surface area contributed by atoms with E-state index < -0.39 is 24.1 Å². The first-order chi connectivity index (χ1) is 12.4. The van der Waals surface area contributed by atoms with E-state index in [0.29, 0.717) is 17.5 Å². The van der Waals surface area contributed by atoms with Crippen LogP contribution < -0.4 is 0 Å². The van der Waals surface area contributed by atoms with Gasteiger partial charge in [-0.05, 0) is 23.1 Å². The summed E-state index contributed by atoms with van der Waals surface area (Å²) in [4.78, 5) is 25.3. The van der Waals surface area contributed by atoms with Gasteiger partial charge in [0.25, 0.3) is 5.78 Å². The lowest BCUT2D eigenvalue weighted by Gasteiger charge is -2.35. The molecule has 26 heavy (non-hydrogen) atoms. The van der Waals surface area contributed by atoms with Gasteiger partial charge in [-0.25, -0.2) is 4.79 Å². The predicted molar refractivity (Wildman–Crippen MR) is 87.3 cm³/mol. The molecule has 0 saturated carbocycles. The number of ether oxygens (including phenoxy) is 1. The Morgan fingerprint density at radius 3 is 2.38 bits per heavy atom. The fourth-order valence-corrected chi connectivity index (χ4v) is 3.00. The zero-order chi connectivity index (χ0) is 18.7. The van der Waals surface area contributed by atoms with Crippen LogP contribution in [0.4, 0.5) is 18.0 Å². The number of alkyl halides is 3. The summed E-state index contributed by atoms with van der Waals surface area (Å²) in [5.74, 6) is -1.97. The van der Waals surface area contributed by atoms with Crippen LogP contribution in [0.5, 0.6) is 0 Å². The number of amides is 1. The number of halogens is 3. The minimum absolute atomic E-state index is 0.0167. The molecule has 7 heteroatoms. The third-order valence-corrected chi connectivity index (χ3v) is 4.25. The van der Waals surface area contributed by atoms with E-state index in [-0.39, 0.29) is 18.7 Å². The van der Waals surface area contributed by atoms with Crippen LogP contribution in [-0.2, 0) is 22.6 Å². The van der Waals surface area contributed by atoms with Crippen molar-refractivity contribution in [2.24, 2.45) is 0 Å². The smallest absolute Gasteiger partial charge is 0.445 e. The fourth-order valence-electron chi connectivity index (χ4n) is 3.00. The molecule has 0 radical (unpaired) electrons. The first-order valence-electron chi connectivity index (χ1n) is 8.04. The number of carbonyl (C=O) groups is 2. The molecule has 2 aromatic rings. The van der Waals surface area contributed by atoms with Crippen LogP contribution in [-0.4, -0.2) is 29.5 Å². The van der Waals surface area contributed by atoms with E-state index in [1.54, 1.807) is 48.5 Å². The summed E-state index contributed by atoms with van der Waals surface area (Å²) in [6.07, 6.45) is -5.63. The Kier molecular flexibility index (Phi) is 4.97. The summed E-state index contributed by atoms with van der Waals surface area (Å²) in [6, 6.07) is 13.4. The van der Waals surface area contributed by atoms with Gasteiger partial charge < -0.3 is 4.74 Å². The van der Waals surface area contributed by atoms with Crippen LogP contribution in [0, 0.1) is 0 Å². The summed E-state index contributed by atoms with van der Waals surface area (Å²) in [7, 11) is 0. The van der Waals surface area contributed by atoms with Crippen LogP contribution in [0.25, 0.3) is 0 Å². The van der Waals surface area contributed by atoms with Crippen LogP contribution in [0.2, 0.25) is 0 Å². The van der Waals surface area contributed by atoms with E-state index in [2.05, 4.69) is 0 Å². The number of fused-ring (bicyclic) bond motifs is 1. The third kappa shape index (κ3) is 3.71. The van der Waals surface area contributed by atoms with E-state index in [0.717, 1.165) is 4.90 Å². The third-order valence-electron chi connectivity index (χ3n) is 4.25. The van der Waals surface area contributed by atoms with Gasteiger partial charge in [0.2, 0.25) is 0 Å². The number of ketones is 1. The zero-order valence-electron chi connectivity index (χ0n) is 13.7. The molecule has 0 aliphatic carbocycles. The SMILES string of the molecule is O=C(OCc1ccccc1)N1CCc2ccccc2C1C(=O)C(F)(F)F. The van der Waals surface area contributed by atoms with Gasteiger partial charge in [0.1, 0.15) is 12.6 Å². The molecule has 1 aliphatic rings. The molecule has 0 fully saturated rings. The number of benzene rings is 2. The van der Waals surface area contributed by atoms with Crippen molar-refractivity contribution in [1.82, 2.24) is 4.90 Å². The fraction of sp³-hybridized carbons (Fsp3) is 0.263. The van der Waals surface area contributed by atoms with Crippen LogP contribution in [0.1, 0.15) is 22.7 Å². The molecule has 1 aliphatic heterocycles. The number of hydrogen-bond donors (Lipinski definition) is 0. The van der Waals surface area contributed by atoms with E-state index >= 15 is 0 Å². The topological polar surface area (TPSA) is 46.6 Å². The van der Waals surface area contributed by atoms with Crippen LogP contribution >= 0.6 is 0 Å². The number of Topliss-reactive ketones (excluding diaryl/α,β-unsaturated/α-hetero) is 1. The monoisotopic (exact) mass is 363 g/mol. The number of hydrogen-bond acceptors (Lipinski definition) is 3. The summed E-state index contributed by atoms with van der Waals surface area (Å²) in [6.45, 7) is -0.0954. The quantitative estimate of drug-likeness (QED) is 0.826. The molecule has 0 aromatic heterocycles. The molecule has 3 rings (SSSR count). The van der Waals surface area contributed by atoms with Gasteiger partial charge in [-0.1, -0.05) is 54.6 Å². The Morgan fingerprint density at radius 2 is 1.69 bits per heavy atom. The zero-order valence-corrected chi connectivity index (χ0v) is 13.7. The largest absolute Gasteiger partial charge is 0.452 e. The summed E-state index contributed by atoms with van der Waals surface area (Å²) in [5, 5.41) is 0. The first kappa shape index (κ1) is 18.0. The minimum atomic E-state index is -5.05. The molecule has 4 nitrogen and oxygen atoms in total. The van der Waals surface area contributed by atoms with Gasteiger partial charge in [0, 0.05) is 6.54 Å². The number of carbonyl (C=O) groups excluding carboxylic acids is 2. The molecule has 0 saturated heterocycles. The van der Waals surface area contributed by atoms with Gasteiger partial charge in [0.05, 0.1) is 0 Å². The number of rotatable bonds is 3. The molecule has 0 spiro atoms. The highest BCUT2D eigenvalue weighted by molar-refractivity contribution is 5.93. The van der Waals surface area contributed by atoms with Crippen molar-refractivity contribution in [3.8, 4) is 0 Å². The van der Waals surface area contributed by atoms with Crippen molar-refractivity contribution in [3.63, 3.8) is 0 Å². The van der Waals surface area contributed by atoms with Gasteiger partial charge in [-0.3, -0.25) is 9.69 Å². The molecule has 0 bridgehead atoms. The van der Waals surface area contributed by atoms with Gasteiger partial charge in [-0.15, -0.1) is 0 Å². The van der Waals surface area contributed by atoms with Crippen molar-refractivity contribution in [2.45, 2.75) is 25.2 Å². The highest BCUT2D eigenvalue weighted by Gasteiger charge is 2.49. The van der Waals surface area contributed by atoms with Gasteiger partial charge in [-0.2, -0.15) is 13.2 Å². The summed E-state index contributed by atoms with van der Waals surface area (Å²) < 4.78 is 44.4. The minimum Gasteiger partial charge on any atom is -0.445 e. The molecule has 2 aromatic carbocycles. The molecule has 1 amide bonds. The van der Waals surface area contributed by atoms with E-state index in [1.807, 2.05) is 0 Å². The second kappa shape index (κ2) is 7.19. The highest BCUT2D eigenvalue weighted by atomic mass is 19.4. The molecule has 1 heterocycles. The lowest BCUT2D eigenvalue weighted by atomic mass is 9.90. The van der Waals surface area contributed by atoms with Gasteiger partial charge >= 0.3 is 12.3 Å². The van der Waals surface area contributed by atoms with Crippen LogP contribution in [0.3, 0.4) is 0 Å². The Balaban J connectivity index is 1.85. The molecular weight excluding hydrogens is 347 g/mol. The molecule has 136 valence electrons. The van der Waals surface area contributed by atoms with Crippen molar-refractivity contribution in [3.05, 3.63) is 71.3 Å². The number of nitrogens with zero attached hydrogens (tertiary/aromatic N) is 1. The summed E-state index contributed by atoms with van der Waals surface area (Å²) in [5.41, 5.74) is 1.52. The highest BCUT2D eigenvalue weighted by Crippen LogP contribution is 2.36. The standard InChI is InChI=1S/C19H16F3NO3/c20-19(21,22)17(24)16-15-9-5-4-8-14(15)10-11-23(16)18(25)26-12-13-6-2-1-3-7-13/h1-9,16H,10-12H2. The van der Waals surface area contributed by atoms with Crippen molar-refractivity contribution < 1.29 is 27.5 Å². The lowest BCUT2D eigenvalue weighted by Crippen LogP contribution is -2.47. The van der Waals surface area contributed by atoms with Gasteiger partial charge in [0.15, 0.2) is 0 Å². The summed E-state index contributed by atoms with van der Waals surface area (Å²) >= 11 is 0. The second-order valence-electron chi connectivity index (χ2n) is 5.95. The van der Waals surface area contributed by atoms with E-state index in [4.69, 9.17) is 4.74 Å². The molecule has 1 atom stereocenters. The Morgan fingerprint density at radius 1 is 1.04 bits per heavy atom. The Labute approximate surface area is 148 Å². The average molecular weight is 363 g/mol. The maximum absolute atomic E-state index is 13.1. The first-order valence-corrected chi connectivity index (χ1v) is 8.04. The van der Waals surface area contributed by atoms with E-state index in [1.165, 1.54) is 6.07 Å². The predicted octanol–water partition coefficient (Wildman–Crippen LogP) is 4.05. The second-order valence-corrected chi connectivity index (χ2v) is 5.95. The lowest BCUT2D eigenvalue weighted by molar-refractivity contribution is -0.176. The van der Waals surface area contributed by atoms with Crippen molar-refractivity contribution in [1.29, 1.82) is 0 Å². The van der Waals surface area contributed by atoms with Crippen molar-refractivity contribution >= 4 is 11.9 Å².